The Kier molecular flexibility index (Phi) is 9.39. The van der Waals surface area contributed by atoms with Gasteiger partial charge in [-0.05, 0) is 88.8 Å². The molecule has 0 aromatic heterocycles. The van der Waals surface area contributed by atoms with Gasteiger partial charge in [0, 0.05) is 6.04 Å². The largest absolute Gasteiger partial charge is 0.462 e. The van der Waals surface area contributed by atoms with Crippen LogP contribution in [-0.2, 0) is 17.6 Å². The zero-order valence-electron chi connectivity index (χ0n) is 18.3. The van der Waals surface area contributed by atoms with Crippen LogP contribution in [0.15, 0.2) is 54.6 Å². The Balaban J connectivity index is 1.30. The number of likely N-dealkylation sites (tertiary alicyclic amines) is 1. The van der Waals surface area contributed by atoms with Crippen molar-refractivity contribution in [1.82, 2.24) is 10.2 Å². The van der Waals surface area contributed by atoms with Gasteiger partial charge in [0.2, 0.25) is 0 Å². The van der Waals surface area contributed by atoms with Gasteiger partial charge in [-0.3, -0.25) is 0 Å². The molecule has 0 saturated carbocycles. The Bertz CT molecular complexity index is 755. The van der Waals surface area contributed by atoms with E-state index < -0.39 is 0 Å². The summed E-state index contributed by atoms with van der Waals surface area (Å²) in [4.78, 5) is 14.7. The van der Waals surface area contributed by atoms with Gasteiger partial charge >= 0.3 is 5.97 Å². The highest BCUT2D eigenvalue weighted by Gasteiger charge is 2.18. The van der Waals surface area contributed by atoms with Crippen LogP contribution in [0, 0.1) is 0 Å². The van der Waals surface area contributed by atoms with E-state index in [1.165, 1.54) is 24.8 Å². The van der Waals surface area contributed by atoms with Crippen LogP contribution in [0.5, 0.6) is 0 Å². The number of nitrogens with one attached hydrogen (secondary N) is 1. The van der Waals surface area contributed by atoms with Crippen LogP contribution < -0.4 is 5.32 Å². The molecule has 1 saturated heterocycles. The van der Waals surface area contributed by atoms with Crippen molar-refractivity contribution < 1.29 is 9.53 Å². The molecule has 30 heavy (non-hydrogen) atoms. The van der Waals surface area contributed by atoms with Crippen molar-refractivity contribution in [3.8, 4) is 0 Å². The maximum absolute atomic E-state index is 12.1. The number of carbonyl (C=O) groups is 1. The van der Waals surface area contributed by atoms with Crippen molar-refractivity contribution >= 4 is 5.97 Å². The number of ether oxygens (including phenoxy) is 1. The van der Waals surface area contributed by atoms with Crippen molar-refractivity contribution in [2.24, 2.45) is 0 Å². The Morgan fingerprint density at radius 1 is 1.00 bits per heavy atom. The quantitative estimate of drug-likeness (QED) is 0.440. The molecule has 0 spiro atoms. The minimum absolute atomic E-state index is 0.202. The van der Waals surface area contributed by atoms with Crippen LogP contribution in [-0.4, -0.2) is 49.7 Å². The summed E-state index contributed by atoms with van der Waals surface area (Å²) >= 11 is 0. The first-order valence-electron chi connectivity index (χ1n) is 11.5. The summed E-state index contributed by atoms with van der Waals surface area (Å²) in [6.07, 6.45) is 6.80. The Morgan fingerprint density at radius 2 is 1.73 bits per heavy atom. The highest BCUT2D eigenvalue weighted by Crippen LogP contribution is 2.15. The fraction of sp³-hybridized carbons (Fsp3) is 0.500. The average Bonchev–Trinajstić information content (AvgIpc) is 2.79. The van der Waals surface area contributed by atoms with E-state index in [2.05, 4.69) is 46.6 Å². The average molecular weight is 409 g/mol. The van der Waals surface area contributed by atoms with Gasteiger partial charge in [-0.25, -0.2) is 4.79 Å². The molecule has 2 aromatic rings. The molecule has 2 aromatic carbocycles. The van der Waals surface area contributed by atoms with Crippen LogP contribution in [0.25, 0.3) is 0 Å². The zero-order chi connectivity index (χ0) is 21.0. The fourth-order valence-corrected chi connectivity index (χ4v) is 4.24. The Morgan fingerprint density at radius 3 is 2.50 bits per heavy atom. The van der Waals surface area contributed by atoms with Gasteiger partial charge < -0.3 is 15.0 Å². The molecular weight excluding hydrogens is 372 g/mol. The molecule has 4 heteroatoms. The maximum Gasteiger partial charge on any atom is 0.338 e. The second-order valence-corrected chi connectivity index (χ2v) is 8.14. The standard InChI is InChI=1S/C26H36N2O2/c1-2-30-26(29)25-15-7-6-13-23(25)14-9-19-28-20-16-24(17-21-28)27-18-8-12-22-10-4-3-5-11-22/h3-7,10-11,13,15,24,27H,2,8-9,12,14,16-21H2,1H3. The summed E-state index contributed by atoms with van der Waals surface area (Å²) in [6.45, 7) is 6.79. The van der Waals surface area contributed by atoms with Gasteiger partial charge in [0.15, 0.2) is 0 Å². The molecule has 0 aliphatic carbocycles. The summed E-state index contributed by atoms with van der Waals surface area (Å²) in [7, 11) is 0. The minimum atomic E-state index is -0.202. The van der Waals surface area contributed by atoms with Crippen molar-refractivity contribution in [3.63, 3.8) is 0 Å². The van der Waals surface area contributed by atoms with E-state index in [1.807, 2.05) is 25.1 Å². The molecule has 0 bridgehead atoms. The van der Waals surface area contributed by atoms with E-state index in [-0.39, 0.29) is 5.97 Å². The molecule has 3 rings (SSSR count). The first-order valence-corrected chi connectivity index (χ1v) is 11.5. The molecule has 4 nitrogen and oxygen atoms in total. The molecule has 1 N–H and O–H groups in total. The van der Waals surface area contributed by atoms with Crippen LogP contribution in [0.4, 0.5) is 0 Å². The summed E-state index contributed by atoms with van der Waals surface area (Å²) in [5, 5.41) is 3.75. The number of esters is 1. The van der Waals surface area contributed by atoms with Crippen molar-refractivity contribution in [1.29, 1.82) is 0 Å². The number of rotatable bonds is 11. The van der Waals surface area contributed by atoms with Crippen LogP contribution in [0.2, 0.25) is 0 Å². The lowest BCUT2D eigenvalue weighted by atomic mass is 10.0. The van der Waals surface area contributed by atoms with Gasteiger partial charge in [-0.15, -0.1) is 0 Å². The first-order chi connectivity index (χ1) is 14.8. The summed E-state index contributed by atoms with van der Waals surface area (Å²) in [5.74, 6) is -0.202. The number of nitrogens with zero attached hydrogens (tertiary/aromatic N) is 1. The predicted octanol–water partition coefficient (Wildman–Crippen LogP) is 4.48. The van der Waals surface area contributed by atoms with Crippen LogP contribution in [0.1, 0.15) is 54.1 Å². The molecule has 1 aliphatic heterocycles. The third-order valence-corrected chi connectivity index (χ3v) is 5.94. The topological polar surface area (TPSA) is 41.6 Å². The highest BCUT2D eigenvalue weighted by molar-refractivity contribution is 5.91. The molecule has 1 heterocycles. The van der Waals surface area contributed by atoms with E-state index in [0.717, 1.165) is 56.6 Å². The summed E-state index contributed by atoms with van der Waals surface area (Å²) < 4.78 is 5.19. The zero-order valence-corrected chi connectivity index (χ0v) is 18.3. The fourth-order valence-electron chi connectivity index (χ4n) is 4.24. The van der Waals surface area contributed by atoms with Crippen LogP contribution >= 0.6 is 0 Å². The Labute approximate surface area is 181 Å². The lowest BCUT2D eigenvalue weighted by Crippen LogP contribution is -2.43. The van der Waals surface area contributed by atoms with E-state index >= 15 is 0 Å². The highest BCUT2D eigenvalue weighted by atomic mass is 16.5. The van der Waals surface area contributed by atoms with Gasteiger partial charge in [0.25, 0.3) is 0 Å². The third-order valence-electron chi connectivity index (χ3n) is 5.94. The predicted molar refractivity (Wildman–Crippen MR) is 123 cm³/mol. The smallest absolute Gasteiger partial charge is 0.338 e. The lowest BCUT2D eigenvalue weighted by molar-refractivity contribution is 0.0525. The van der Waals surface area contributed by atoms with Gasteiger partial charge in [0.05, 0.1) is 12.2 Å². The number of benzene rings is 2. The monoisotopic (exact) mass is 408 g/mol. The van der Waals surface area contributed by atoms with Crippen LogP contribution in [0.3, 0.4) is 0 Å². The lowest BCUT2D eigenvalue weighted by Gasteiger charge is -2.32. The summed E-state index contributed by atoms with van der Waals surface area (Å²) in [6, 6.07) is 19.2. The minimum Gasteiger partial charge on any atom is -0.462 e. The van der Waals surface area contributed by atoms with Gasteiger partial charge in [0.1, 0.15) is 0 Å². The number of hydrogen-bond donors (Lipinski definition) is 1. The van der Waals surface area contributed by atoms with Crippen molar-refractivity contribution in [3.05, 3.63) is 71.3 Å². The second kappa shape index (κ2) is 12.5. The first kappa shape index (κ1) is 22.5. The number of hydrogen-bond acceptors (Lipinski definition) is 4. The number of piperidine rings is 1. The molecule has 0 atom stereocenters. The van der Waals surface area contributed by atoms with Gasteiger partial charge in [-0.2, -0.15) is 0 Å². The molecule has 1 aliphatic rings. The second-order valence-electron chi connectivity index (χ2n) is 8.14. The molecule has 162 valence electrons. The van der Waals surface area contributed by atoms with E-state index in [0.29, 0.717) is 12.6 Å². The summed E-state index contributed by atoms with van der Waals surface area (Å²) in [5.41, 5.74) is 3.25. The normalized spacial score (nSPS) is 15.2. The molecule has 0 unspecified atom stereocenters. The number of carbonyl (C=O) groups excluding carboxylic acids is 1. The van der Waals surface area contributed by atoms with Crippen molar-refractivity contribution in [2.75, 3.05) is 32.8 Å². The maximum atomic E-state index is 12.1. The molecular formula is C26H36N2O2. The third kappa shape index (κ3) is 7.26. The van der Waals surface area contributed by atoms with Crippen molar-refractivity contribution in [2.45, 2.75) is 51.5 Å². The van der Waals surface area contributed by atoms with E-state index in [4.69, 9.17) is 4.74 Å². The molecule has 0 amide bonds. The van der Waals surface area contributed by atoms with E-state index in [1.54, 1.807) is 0 Å². The molecule has 0 radical (unpaired) electrons. The Hall–Kier alpha value is -2.17. The van der Waals surface area contributed by atoms with E-state index in [9.17, 15) is 4.79 Å². The molecule has 1 fully saturated rings. The van der Waals surface area contributed by atoms with Gasteiger partial charge in [-0.1, -0.05) is 48.5 Å². The SMILES string of the molecule is CCOC(=O)c1ccccc1CCCN1CCC(NCCCc2ccccc2)CC1. The number of aryl methyl sites for hydroxylation is 2.